The number of hydrogen-bond donors (Lipinski definition) is 1. The summed E-state index contributed by atoms with van der Waals surface area (Å²) >= 11 is 0. The standard InChI is InChI=1S/C14H25NO2/c1-17-13(16)14(15-11-12-7-8-12)9-5-3-2-4-6-10-14/h12,15H,2-11H2,1H3. The maximum Gasteiger partial charge on any atom is 0.326 e. The molecule has 0 saturated heterocycles. The van der Waals surface area contributed by atoms with Crippen LogP contribution >= 0.6 is 0 Å². The largest absolute Gasteiger partial charge is 0.468 e. The van der Waals surface area contributed by atoms with Gasteiger partial charge in [0.05, 0.1) is 7.11 Å². The van der Waals surface area contributed by atoms with Gasteiger partial charge in [0, 0.05) is 0 Å². The Kier molecular flexibility index (Phi) is 4.43. The number of hydrogen-bond acceptors (Lipinski definition) is 3. The van der Waals surface area contributed by atoms with Crippen molar-refractivity contribution in [1.29, 1.82) is 0 Å². The molecular formula is C14H25NO2. The maximum absolute atomic E-state index is 12.1. The van der Waals surface area contributed by atoms with E-state index in [1.807, 2.05) is 0 Å². The van der Waals surface area contributed by atoms with Crippen molar-refractivity contribution >= 4 is 5.97 Å². The van der Waals surface area contributed by atoms with Crippen LogP contribution in [0.2, 0.25) is 0 Å². The number of rotatable bonds is 4. The van der Waals surface area contributed by atoms with Gasteiger partial charge in [0.15, 0.2) is 0 Å². The van der Waals surface area contributed by atoms with Crippen LogP contribution in [0.25, 0.3) is 0 Å². The molecule has 0 heterocycles. The Balaban J connectivity index is 1.98. The van der Waals surface area contributed by atoms with Crippen LogP contribution < -0.4 is 5.32 Å². The van der Waals surface area contributed by atoms with E-state index in [1.54, 1.807) is 0 Å². The van der Waals surface area contributed by atoms with Gasteiger partial charge in [-0.15, -0.1) is 0 Å². The van der Waals surface area contributed by atoms with Crippen molar-refractivity contribution in [3.05, 3.63) is 0 Å². The summed E-state index contributed by atoms with van der Waals surface area (Å²) in [5.74, 6) is 0.766. The highest BCUT2D eigenvalue weighted by molar-refractivity contribution is 5.80. The van der Waals surface area contributed by atoms with Gasteiger partial charge in [-0.2, -0.15) is 0 Å². The SMILES string of the molecule is COC(=O)C1(NCC2CC2)CCCCCCC1. The highest BCUT2D eigenvalue weighted by Crippen LogP contribution is 2.32. The summed E-state index contributed by atoms with van der Waals surface area (Å²) in [4.78, 5) is 12.1. The Morgan fingerprint density at radius 3 is 2.29 bits per heavy atom. The van der Waals surface area contributed by atoms with Gasteiger partial charge in [-0.3, -0.25) is 4.79 Å². The second-order valence-electron chi connectivity index (χ2n) is 5.67. The Morgan fingerprint density at radius 1 is 1.18 bits per heavy atom. The molecule has 98 valence electrons. The first kappa shape index (κ1) is 12.9. The van der Waals surface area contributed by atoms with Gasteiger partial charge >= 0.3 is 5.97 Å². The Labute approximate surface area is 104 Å². The van der Waals surface area contributed by atoms with E-state index >= 15 is 0 Å². The topological polar surface area (TPSA) is 38.3 Å². The minimum absolute atomic E-state index is 0.0416. The fourth-order valence-corrected chi connectivity index (χ4v) is 2.82. The zero-order valence-electron chi connectivity index (χ0n) is 11.0. The fraction of sp³-hybridized carbons (Fsp3) is 0.929. The molecule has 0 amide bonds. The predicted molar refractivity (Wildman–Crippen MR) is 67.8 cm³/mol. The number of ether oxygens (including phenoxy) is 1. The number of esters is 1. The first-order chi connectivity index (χ1) is 8.27. The summed E-state index contributed by atoms with van der Waals surface area (Å²) in [6, 6.07) is 0. The average Bonchev–Trinajstić information content (AvgIpc) is 3.11. The molecule has 2 rings (SSSR count). The van der Waals surface area contributed by atoms with E-state index in [0.29, 0.717) is 0 Å². The summed E-state index contributed by atoms with van der Waals surface area (Å²) in [7, 11) is 1.52. The first-order valence-electron chi connectivity index (χ1n) is 7.10. The zero-order valence-corrected chi connectivity index (χ0v) is 11.0. The lowest BCUT2D eigenvalue weighted by Gasteiger charge is -2.33. The second-order valence-corrected chi connectivity index (χ2v) is 5.67. The van der Waals surface area contributed by atoms with E-state index in [9.17, 15) is 4.79 Å². The molecule has 17 heavy (non-hydrogen) atoms. The molecule has 0 aromatic carbocycles. The predicted octanol–water partition coefficient (Wildman–Crippen LogP) is 2.64. The van der Waals surface area contributed by atoms with Gasteiger partial charge < -0.3 is 10.1 Å². The van der Waals surface area contributed by atoms with Crippen molar-refractivity contribution in [1.82, 2.24) is 5.32 Å². The van der Waals surface area contributed by atoms with Crippen molar-refractivity contribution in [3.8, 4) is 0 Å². The summed E-state index contributed by atoms with van der Waals surface area (Å²) in [5, 5.41) is 3.54. The van der Waals surface area contributed by atoms with Crippen molar-refractivity contribution in [3.63, 3.8) is 0 Å². The molecule has 0 atom stereocenters. The Morgan fingerprint density at radius 2 is 1.76 bits per heavy atom. The third-order valence-electron chi connectivity index (χ3n) is 4.21. The first-order valence-corrected chi connectivity index (χ1v) is 7.10. The third kappa shape index (κ3) is 3.44. The molecule has 0 spiro atoms. The van der Waals surface area contributed by atoms with E-state index in [2.05, 4.69) is 5.32 Å². The van der Waals surface area contributed by atoms with Crippen molar-refractivity contribution in [2.45, 2.75) is 63.3 Å². The van der Waals surface area contributed by atoms with Crippen LogP contribution in [0, 0.1) is 5.92 Å². The van der Waals surface area contributed by atoms with Crippen molar-refractivity contribution in [2.24, 2.45) is 5.92 Å². The summed E-state index contributed by atoms with van der Waals surface area (Å²) in [6.07, 6.45) is 10.7. The van der Waals surface area contributed by atoms with Crippen LogP contribution in [-0.2, 0) is 9.53 Å². The van der Waals surface area contributed by atoms with Crippen LogP contribution in [0.3, 0.4) is 0 Å². The molecule has 3 heteroatoms. The van der Waals surface area contributed by atoms with Crippen LogP contribution in [-0.4, -0.2) is 25.2 Å². The average molecular weight is 239 g/mol. The van der Waals surface area contributed by atoms with Crippen LogP contribution in [0.4, 0.5) is 0 Å². The normalized spacial score (nSPS) is 24.8. The lowest BCUT2D eigenvalue weighted by atomic mass is 9.83. The van der Waals surface area contributed by atoms with Crippen LogP contribution in [0.5, 0.6) is 0 Å². The fourth-order valence-electron chi connectivity index (χ4n) is 2.82. The molecule has 0 aromatic rings. The minimum Gasteiger partial charge on any atom is -0.468 e. The lowest BCUT2D eigenvalue weighted by molar-refractivity contribution is -0.149. The van der Waals surface area contributed by atoms with Crippen LogP contribution in [0.15, 0.2) is 0 Å². The molecule has 0 bridgehead atoms. The van der Waals surface area contributed by atoms with Gasteiger partial charge in [0.25, 0.3) is 0 Å². The van der Waals surface area contributed by atoms with E-state index in [4.69, 9.17) is 4.74 Å². The number of nitrogens with one attached hydrogen (secondary N) is 1. The summed E-state index contributed by atoms with van der Waals surface area (Å²) < 4.78 is 5.04. The molecule has 2 saturated carbocycles. The van der Waals surface area contributed by atoms with Gasteiger partial charge in [0.1, 0.15) is 5.54 Å². The summed E-state index contributed by atoms with van der Waals surface area (Å²) in [6.45, 7) is 0.995. The van der Waals surface area contributed by atoms with E-state index in [-0.39, 0.29) is 11.5 Å². The van der Waals surface area contributed by atoms with E-state index < -0.39 is 0 Å². The van der Waals surface area contributed by atoms with Gasteiger partial charge in [-0.1, -0.05) is 32.1 Å². The maximum atomic E-state index is 12.1. The molecule has 0 aromatic heterocycles. The molecule has 3 nitrogen and oxygen atoms in total. The van der Waals surface area contributed by atoms with Crippen molar-refractivity contribution < 1.29 is 9.53 Å². The van der Waals surface area contributed by atoms with Gasteiger partial charge in [-0.25, -0.2) is 0 Å². The molecule has 2 fully saturated rings. The molecule has 1 N–H and O–H groups in total. The van der Waals surface area contributed by atoms with E-state index in [1.165, 1.54) is 39.2 Å². The Hall–Kier alpha value is -0.570. The molecule has 0 radical (unpaired) electrons. The molecule has 0 aliphatic heterocycles. The molecular weight excluding hydrogens is 214 g/mol. The molecule has 0 unspecified atom stereocenters. The number of carbonyl (C=O) groups excluding carboxylic acids is 1. The van der Waals surface area contributed by atoms with Gasteiger partial charge in [-0.05, 0) is 38.1 Å². The number of carbonyl (C=O) groups is 1. The van der Waals surface area contributed by atoms with Crippen LogP contribution in [0.1, 0.15) is 57.8 Å². The quantitative estimate of drug-likeness (QED) is 0.766. The smallest absolute Gasteiger partial charge is 0.326 e. The van der Waals surface area contributed by atoms with E-state index in [0.717, 1.165) is 38.1 Å². The number of methoxy groups -OCH3 is 1. The Bertz CT molecular complexity index is 253. The zero-order chi connectivity index (χ0) is 12.1. The highest BCUT2D eigenvalue weighted by Gasteiger charge is 2.39. The molecule has 2 aliphatic rings. The molecule has 2 aliphatic carbocycles. The highest BCUT2D eigenvalue weighted by atomic mass is 16.5. The third-order valence-corrected chi connectivity index (χ3v) is 4.21. The van der Waals surface area contributed by atoms with Crippen molar-refractivity contribution in [2.75, 3.05) is 13.7 Å². The second kappa shape index (κ2) is 5.85. The monoisotopic (exact) mass is 239 g/mol. The van der Waals surface area contributed by atoms with Gasteiger partial charge in [0.2, 0.25) is 0 Å². The lowest BCUT2D eigenvalue weighted by Crippen LogP contribution is -2.53. The summed E-state index contributed by atoms with van der Waals surface area (Å²) in [5.41, 5.74) is -0.377. The minimum atomic E-state index is -0.377.